The van der Waals surface area contributed by atoms with Gasteiger partial charge in [-0.1, -0.05) is 0 Å². The van der Waals surface area contributed by atoms with E-state index in [1.807, 2.05) is 0 Å². The Kier molecular flexibility index (Phi) is 8.36. The molecular formula is C26H23F3N8O7. The second-order valence-electron chi connectivity index (χ2n) is 9.94. The zero-order valence-corrected chi connectivity index (χ0v) is 23.1. The fourth-order valence-electron chi connectivity index (χ4n) is 3.63. The predicted molar refractivity (Wildman–Crippen MR) is 144 cm³/mol. The molecule has 4 N–H and O–H groups in total. The van der Waals surface area contributed by atoms with Crippen LogP contribution in [0.1, 0.15) is 52.2 Å². The van der Waals surface area contributed by atoms with Crippen LogP contribution in [-0.4, -0.2) is 72.0 Å². The van der Waals surface area contributed by atoms with Crippen molar-refractivity contribution >= 4 is 35.5 Å². The lowest BCUT2D eigenvalue weighted by Gasteiger charge is -2.27. The Bertz CT molecular complexity index is 1740. The van der Waals surface area contributed by atoms with Crippen LogP contribution in [0, 0.1) is 0 Å². The number of ether oxygens (including phenoxy) is 1. The molecule has 0 aromatic carbocycles. The van der Waals surface area contributed by atoms with Crippen molar-refractivity contribution < 1.29 is 46.6 Å². The third kappa shape index (κ3) is 7.33. The van der Waals surface area contributed by atoms with Crippen molar-refractivity contribution in [3.05, 3.63) is 66.1 Å². The van der Waals surface area contributed by atoms with E-state index in [4.69, 9.17) is 14.9 Å². The second-order valence-corrected chi connectivity index (χ2v) is 9.94. The number of carboxylic acid groups (broad SMARTS) is 1. The summed E-state index contributed by atoms with van der Waals surface area (Å²) in [6.45, 7) is 2.77. The van der Waals surface area contributed by atoms with Crippen LogP contribution in [0.2, 0.25) is 0 Å². The molecule has 0 atom stereocenters. The summed E-state index contributed by atoms with van der Waals surface area (Å²) in [5, 5.41) is 15.9. The van der Waals surface area contributed by atoms with E-state index in [9.17, 15) is 37.5 Å². The Morgan fingerprint density at radius 3 is 2.45 bits per heavy atom. The number of carboxylic acids is 1. The molecule has 44 heavy (non-hydrogen) atoms. The Balaban J connectivity index is 1.63. The van der Waals surface area contributed by atoms with E-state index in [0.29, 0.717) is 4.90 Å². The van der Waals surface area contributed by atoms with Gasteiger partial charge in [-0.05, 0) is 45.0 Å². The lowest BCUT2D eigenvalue weighted by Crippen LogP contribution is -2.42. The molecule has 0 saturated carbocycles. The van der Waals surface area contributed by atoms with Crippen molar-refractivity contribution in [1.29, 1.82) is 0 Å². The Morgan fingerprint density at radius 2 is 1.82 bits per heavy atom. The number of carbonyl (C=O) groups excluding carboxylic acids is 3. The number of hydrogen-bond acceptors (Lipinski definition) is 10. The summed E-state index contributed by atoms with van der Waals surface area (Å²) < 4.78 is 51.3. The maximum absolute atomic E-state index is 13.3. The third-order valence-corrected chi connectivity index (χ3v) is 5.38. The summed E-state index contributed by atoms with van der Waals surface area (Å²) in [6.07, 6.45) is -2.81. The van der Waals surface area contributed by atoms with Crippen molar-refractivity contribution in [1.82, 2.24) is 24.7 Å². The highest BCUT2D eigenvalue weighted by atomic mass is 19.4. The van der Waals surface area contributed by atoms with E-state index in [1.165, 1.54) is 45.2 Å². The minimum absolute atomic E-state index is 0.0623. The number of nitrogens with zero attached hydrogens (tertiary/aromatic N) is 6. The number of anilines is 2. The molecule has 0 bridgehead atoms. The maximum Gasteiger partial charge on any atom is 0.416 e. The SMILES string of the molecule is CC(C)(C)OC(=O)N(CC(F)(F)F)c1cc(-c2nc(C(=O)Nc3cc(C(N)=O)nn3-c3cccnc3C(=O)O)co2)ccn1. The zero-order valence-electron chi connectivity index (χ0n) is 23.1. The molecule has 4 aromatic heterocycles. The van der Waals surface area contributed by atoms with E-state index < -0.39 is 53.7 Å². The molecule has 0 aliphatic rings. The van der Waals surface area contributed by atoms with Gasteiger partial charge in [0.25, 0.3) is 11.8 Å². The van der Waals surface area contributed by atoms with E-state index in [2.05, 4.69) is 25.4 Å². The predicted octanol–water partition coefficient (Wildman–Crippen LogP) is 3.67. The summed E-state index contributed by atoms with van der Waals surface area (Å²) in [6, 6.07) is 6.25. The number of hydrogen-bond donors (Lipinski definition) is 3. The van der Waals surface area contributed by atoms with Gasteiger partial charge in [0.05, 0.1) is 0 Å². The number of nitrogens with one attached hydrogen (secondary N) is 1. The summed E-state index contributed by atoms with van der Waals surface area (Å²) in [4.78, 5) is 61.1. The van der Waals surface area contributed by atoms with Gasteiger partial charge in [0.15, 0.2) is 17.1 Å². The Labute approximate surface area is 245 Å². The van der Waals surface area contributed by atoms with Crippen LogP contribution in [0.4, 0.5) is 29.6 Å². The van der Waals surface area contributed by atoms with E-state index in [1.54, 1.807) is 0 Å². The largest absolute Gasteiger partial charge is 0.476 e. The van der Waals surface area contributed by atoms with E-state index in [-0.39, 0.29) is 34.3 Å². The summed E-state index contributed by atoms with van der Waals surface area (Å²) in [5.74, 6) is -4.10. The van der Waals surface area contributed by atoms with Crippen LogP contribution in [0.15, 0.2) is 53.4 Å². The van der Waals surface area contributed by atoms with Crippen molar-refractivity contribution in [3.8, 4) is 17.1 Å². The molecule has 0 aliphatic carbocycles. The quantitative estimate of drug-likeness (QED) is 0.260. The van der Waals surface area contributed by atoms with Crippen LogP contribution in [0.25, 0.3) is 17.1 Å². The van der Waals surface area contributed by atoms with Gasteiger partial charge in [0.2, 0.25) is 5.89 Å². The van der Waals surface area contributed by atoms with Gasteiger partial charge >= 0.3 is 18.2 Å². The van der Waals surface area contributed by atoms with Gasteiger partial charge in [0, 0.05) is 24.0 Å². The fourth-order valence-corrected chi connectivity index (χ4v) is 3.63. The zero-order chi connectivity index (χ0) is 32.4. The number of aromatic carboxylic acids is 1. The number of carbonyl (C=O) groups is 4. The highest BCUT2D eigenvalue weighted by Gasteiger charge is 2.37. The molecule has 0 saturated heterocycles. The summed E-state index contributed by atoms with van der Waals surface area (Å²) in [5.41, 5.74) is 3.11. The van der Waals surface area contributed by atoms with Crippen LogP contribution < -0.4 is 16.0 Å². The standard InChI is InChI=1S/C26H23F3N8O7/c1-25(2,3)44-24(42)36(12-26(27,28)29)17-9-13(6-8-31-17)22-33-15(11-43-22)21(39)34-18-10-14(20(30)38)35-37(18)16-5-4-7-32-19(16)23(40)41/h4-11H,12H2,1-3H3,(H2,30,38)(H,34,39)(H,40,41). The Hall–Kier alpha value is -5.81. The fraction of sp³-hybridized carbons (Fsp3) is 0.231. The average Bonchev–Trinajstić information content (AvgIpc) is 3.58. The lowest BCUT2D eigenvalue weighted by atomic mass is 10.2. The number of amides is 3. The number of aromatic nitrogens is 5. The average molecular weight is 617 g/mol. The first kappa shape index (κ1) is 31.1. The molecule has 0 fully saturated rings. The van der Waals surface area contributed by atoms with Gasteiger partial charge in [-0.3, -0.25) is 14.5 Å². The minimum atomic E-state index is -4.79. The first-order chi connectivity index (χ1) is 20.5. The molecule has 4 rings (SSSR count). The number of rotatable bonds is 8. The van der Waals surface area contributed by atoms with E-state index in [0.717, 1.165) is 29.3 Å². The van der Waals surface area contributed by atoms with E-state index >= 15 is 0 Å². The highest BCUT2D eigenvalue weighted by Crippen LogP contribution is 2.27. The number of halogens is 3. The van der Waals surface area contributed by atoms with Crippen molar-refractivity contribution in [2.24, 2.45) is 5.73 Å². The van der Waals surface area contributed by atoms with Gasteiger partial charge in [-0.25, -0.2) is 29.2 Å². The first-order valence-corrected chi connectivity index (χ1v) is 12.4. The molecule has 0 spiro atoms. The highest BCUT2D eigenvalue weighted by molar-refractivity contribution is 6.03. The van der Waals surface area contributed by atoms with Crippen molar-refractivity contribution in [3.63, 3.8) is 0 Å². The smallest absolute Gasteiger partial charge is 0.416 e. The van der Waals surface area contributed by atoms with Crippen LogP contribution in [0.3, 0.4) is 0 Å². The Morgan fingerprint density at radius 1 is 1.09 bits per heavy atom. The van der Waals surface area contributed by atoms with Crippen molar-refractivity contribution in [2.45, 2.75) is 32.5 Å². The first-order valence-electron chi connectivity index (χ1n) is 12.4. The van der Waals surface area contributed by atoms with Gasteiger partial charge < -0.3 is 25.3 Å². The summed E-state index contributed by atoms with van der Waals surface area (Å²) >= 11 is 0. The lowest BCUT2D eigenvalue weighted by molar-refractivity contribution is -0.119. The van der Waals surface area contributed by atoms with Crippen molar-refractivity contribution in [2.75, 3.05) is 16.8 Å². The van der Waals surface area contributed by atoms with Gasteiger partial charge in [-0.15, -0.1) is 0 Å². The molecule has 0 aliphatic heterocycles. The number of oxazole rings is 1. The normalized spacial score (nSPS) is 11.6. The van der Waals surface area contributed by atoms with Gasteiger partial charge in [-0.2, -0.15) is 18.3 Å². The third-order valence-electron chi connectivity index (χ3n) is 5.38. The molecule has 4 heterocycles. The second kappa shape index (κ2) is 11.8. The molecule has 0 unspecified atom stereocenters. The minimum Gasteiger partial charge on any atom is -0.476 e. The molecule has 230 valence electrons. The molecule has 3 amide bonds. The number of pyridine rings is 2. The molecular weight excluding hydrogens is 593 g/mol. The van der Waals surface area contributed by atoms with Crippen LogP contribution in [-0.2, 0) is 4.74 Å². The molecule has 15 nitrogen and oxygen atoms in total. The van der Waals surface area contributed by atoms with Crippen LogP contribution in [0.5, 0.6) is 0 Å². The molecule has 0 radical (unpaired) electrons. The van der Waals surface area contributed by atoms with Crippen LogP contribution >= 0.6 is 0 Å². The van der Waals surface area contributed by atoms with Gasteiger partial charge in [0.1, 0.15) is 35.7 Å². The summed E-state index contributed by atoms with van der Waals surface area (Å²) in [7, 11) is 0. The number of nitrogens with two attached hydrogens (primary N) is 1. The topological polar surface area (TPSA) is 209 Å². The molecule has 4 aromatic rings. The maximum atomic E-state index is 13.3. The number of alkyl halides is 3. The molecule has 18 heteroatoms. The monoisotopic (exact) mass is 616 g/mol. The number of primary amides is 1.